The van der Waals surface area contributed by atoms with Gasteiger partial charge >= 0.3 is 0 Å². The molecule has 0 saturated carbocycles. The van der Waals surface area contributed by atoms with Gasteiger partial charge in [0.15, 0.2) is 0 Å². The van der Waals surface area contributed by atoms with E-state index in [2.05, 4.69) is 10.3 Å². The predicted molar refractivity (Wildman–Crippen MR) is 82.3 cm³/mol. The molecule has 0 aliphatic carbocycles. The van der Waals surface area contributed by atoms with Crippen molar-refractivity contribution in [3.63, 3.8) is 0 Å². The normalized spacial score (nSPS) is 12.1. The van der Waals surface area contributed by atoms with Crippen LogP contribution in [0.25, 0.3) is 0 Å². The number of H-pyrrole nitrogens is 1. The summed E-state index contributed by atoms with van der Waals surface area (Å²) in [6.07, 6.45) is 1.47. The molecule has 1 atom stereocenters. The molecular formula is C16H19N3O2. The van der Waals surface area contributed by atoms with Crippen LogP contribution in [0.5, 0.6) is 0 Å². The van der Waals surface area contributed by atoms with E-state index in [-0.39, 0.29) is 17.5 Å². The van der Waals surface area contributed by atoms with Crippen LogP contribution in [0.3, 0.4) is 0 Å². The number of hydrogen-bond donors (Lipinski definition) is 2. The molecule has 2 N–H and O–H groups in total. The lowest BCUT2D eigenvalue weighted by atomic mass is 10.1. The largest absolute Gasteiger partial charge is 0.344 e. The number of likely N-dealkylation sites (N-methyl/N-ethyl adjacent to an activating group) is 1. The summed E-state index contributed by atoms with van der Waals surface area (Å²) in [6, 6.07) is 12.5. The monoisotopic (exact) mass is 285 g/mol. The van der Waals surface area contributed by atoms with Crippen molar-refractivity contribution < 1.29 is 4.79 Å². The highest BCUT2D eigenvalue weighted by molar-refractivity contribution is 5.94. The van der Waals surface area contributed by atoms with Gasteiger partial charge in [-0.3, -0.25) is 9.59 Å². The number of carbonyl (C=O) groups excluding carboxylic acids is 1. The Kier molecular flexibility index (Phi) is 4.90. The number of hydrogen-bond acceptors (Lipinski definition) is 3. The molecule has 0 radical (unpaired) electrons. The molecule has 110 valence electrons. The molecule has 1 heterocycles. The Hall–Kier alpha value is -2.40. The average molecular weight is 285 g/mol. The molecule has 0 saturated heterocycles. The van der Waals surface area contributed by atoms with Crippen molar-refractivity contribution in [2.24, 2.45) is 0 Å². The van der Waals surface area contributed by atoms with Crippen molar-refractivity contribution >= 4 is 5.91 Å². The van der Waals surface area contributed by atoms with Crippen LogP contribution in [0.2, 0.25) is 0 Å². The Bertz CT molecular complexity index is 650. The van der Waals surface area contributed by atoms with Crippen molar-refractivity contribution in [3.8, 4) is 0 Å². The number of nitrogens with one attached hydrogen (secondary N) is 2. The molecule has 0 aliphatic rings. The van der Waals surface area contributed by atoms with Crippen molar-refractivity contribution in [3.05, 3.63) is 70.1 Å². The number of amides is 1. The number of carbonyl (C=O) groups is 1. The van der Waals surface area contributed by atoms with E-state index in [1.54, 1.807) is 6.07 Å². The van der Waals surface area contributed by atoms with Gasteiger partial charge in [-0.25, -0.2) is 0 Å². The number of benzene rings is 1. The molecule has 5 heteroatoms. The number of nitrogens with zero attached hydrogens (tertiary/aromatic N) is 1. The molecule has 0 bridgehead atoms. The molecule has 1 amide bonds. The minimum absolute atomic E-state index is 0.131. The van der Waals surface area contributed by atoms with Gasteiger partial charge in [0, 0.05) is 24.4 Å². The Balaban J connectivity index is 2.19. The highest BCUT2D eigenvalue weighted by Crippen LogP contribution is 2.14. The maximum absolute atomic E-state index is 12.3. The maximum Gasteiger partial charge on any atom is 0.252 e. The number of aromatic nitrogens is 1. The Labute approximate surface area is 123 Å². The maximum atomic E-state index is 12.3. The number of rotatable bonds is 5. The molecule has 1 aromatic carbocycles. The van der Waals surface area contributed by atoms with E-state index in [1.165, 1.54) is 12.3 Å². The molecule has 0 aliphatic heterocycles. The highest BCUT2D eigenvalue weighted by Gasteiger charge is 2.16. The second-order valence-electron chi connectivity index (χ2n) is 5.14. The van der Waals surface area contributed by atoms with E-state index in [9.17, 15) is 9.59 Å². The van der Waals surface area contributed by atoms with Crippen molar-refractivity contribution in [1.29, 1.82) is 0 Å². The molecule has 1 unspecified atom stereocenters. The third kappa shape index (κ3) is 4.29. The van der Waals surface area contributed by atoms with Gasteiger partial charge in [-0.05, 0) is 25.7 Å². The average Bonchev–Trinajstić information content (AvgIpc) is 2.47. The predicted octanol–water partition coefficient (Wildman–Crippen LogP) is 1.41. The fraction of sp³-hybridized carbons (Fsp3) is 0.250. The molecule has 5 nitrogen and oxygen atoms in total. The third-order valence-corrected chi connectivity index (χ3v) is 3.09. The van der Waals surface area contributed by atoms with Crippen LogP contribution in [0.15, 0.2) is 53.5 Å². The van der Waals surface area contributed by atoms with E-state index in [0.29, 0.717) is 12.1 Å². The van der Waals surface area contributed by atoms with E-state index in [4.69, 9.17) is 0 Å². The smallest absolute Gasteiger partial charge is 0.252 e. The topological polar surface area (TPSA) is 65.2 Å². The lowest BCUT2D eigenvalue weighted by Crippen LogP contribution is -2.35. The summed E-state index contributed by atoms with van der Waals surface area (Å²) in [7, 11) is 3.91. The molecule has 2 rings (SSSR count). The van der Waals surface area contributed by atoms with Crippen LogP contribution in [0.4, 0.5) is 0 Å². The molecule has 2 aromatic rings. The summed E-state index contributed by atoms with van der Waals surface area (Å²) in [5.74, 6) is -0.253. The van der Waals surface area contributed by atoms with Gasteiger partial charge < -0.3 is 15.2 Å². The standard InChI is InChI=1S/C16H19N3O2/c1-19(2)11-14(12-6-4-3-5-7-12)18-16(21)13-8-9-17-15(20)10-13/h3-10,14H,11H2,1-2H3,(H,17,20)(H,18,21). The van der Waals surface area contributed by atoms with Gasteiger partial charge in [-0.15, -0.1) is 0 Å². The zero-order valence-corrected chi connectivity index (χ0v) is 12.2. The molecule has 1 aromatic heterocycles. The van der Waals surface area contributed by atoms with Crippen LogP contribution in [0.1, 0.15) is 22.0 Å². The molecular weight excluding hydrogens is 266 g/mol. The minimum Gasteiger partial charge on any atom is -0.344 e. The van der Waals surface area contributed by atoms with Gasteiger partial charge in [0.05, 0.1) is 6.04 Å². The fourth-order valence-electron chi connectivity index (χ4n) is 2.11. The van der Waals surface area contributed by atoms with E-state index < -0.39 is 0 Å². The molecule has 0 fully saturated rings. The first kappa shape index (κ1) is 15.0. The van der Waals surface area contributed by atoms with Gasteiger partial charge in [0.2, 0.25) is 5.56 Å². The summed E-state index contributed by atoms with van der Waals surface area (Å²) in [6.45, 7) is 0.680. The zero-order chi connectivity index (χ0) is 15.2. The number of pyridine rings is 1. The Morgan fingerprint density at radius 2 is 1.95 bits per heavy atom. The van der Waals surface area contributed by atoms with Gasteiger partial charge in [-0.1, -0.05) is 30.3 Å². The second kappa shape index (κ2) is 6.85. The molecule has 0 spiro atoms. The van der Waals surface area contributed by atoms with Gasteiger partial charge in [-0.2, -0.15) is 0 Å². The molecule has 21 heavy (non-hydrogen) atoms. The first-order valence-corrected chi connectivity index (χ1v) is 6.75. The Morgan fingerprint density at radius 1 is 1.24 bits per heavy atom. The third-order valence-electron chi connectivity index (χ3n) is 3.09. The van der Waals surface area contributed by atoms with Crippen LogP contribution >= 0.6 is 0 Å². The second-order valence-corrected chi connectivity index (χ2v) is 5.14. The quantitative estimate of drug-likeness (QED) is 0.873. The van der Waals surface area contributed by atoms with Crippen LogP contribution in [-0.4, -0.2) is 36.4 Å². The first-order chi connectivity index (χ1) is 10.1. The lowest BCUT2D eigenvalue weighted by Gasteiger charge is -2.22. The fourth-order valence-corrected chi connectivity index (χ4v) is 2.11. The van der Waals surface area contributed by atoms with Crippen molar-refractivity contribution in [2.75, 3.05) is 20.6 Å². The SMILES string of the molecule is CN(C)CC(NC(=O)c1cc[nH]c(=O)c1)c1ccccc1. The zero-order valence-electron chi connectivity index (χ0n) is 12.2. The van der Waals surface area contributed by atoms with E-state index in [0.717, 1.165) is 5.56 Å². The van der Waals surface area contributed by atoms with Crippen molar-refractivity contribution in [2.45, 2.75) is 6.04 Å². The van der Waals surface area contributed by atoms with Crippen LogP contribution in [-0.2, 0) is 0 Å². The van der Waals surface area contributed by atoms with Crippen LogP contribution < -0.4 is 10.9 Å². The minimum atomic E-state index is -0.286. The van der Waals surface area contributed by atoms with E-state index in [1.807, 2.05) is 49.3 Å². The summed E-state index contributed by atoms with van der Waals surface area (Å²) in [5, 5.41) is 2.97. The summed E-state index contributed by atoms with van der Waals surface area (Å²) < 4.78 is 0. The summed E-state index contributed by atoms with van der Waals surface area (Å²) in [5.41, 5.74) is 1.11. The summed E-state index contributed by atoms with van der Waals surface area (Å²) >= 11 is 0. The summed E-state index contributed by atoms with van der Waals surface area (Å²) in [4.78, 5) is 28.1. The number of aromatic amines is 1. The van der Waals surface area contributed by atoms with Crippen molar-refractivity contribution in [1.82, 2.24) is 15.2 Å². The first-order valence-electron chi connectivity index (χ1n) is 6.75. The lowest BCUT2D eigenvalue weighted by molar-refractivity contribution is 0.0929. The van der Waals surface area contributed by atoms with Crippen LogP contribution in [0, 0.1) is 0 Å². The van der Waals surface area contributed by atoms with E-state index >= 15 is 0 Å². The van der Waals surface area contributed by atoms with Gasteiger partial charge in [0.25, 0.3) is 5.91 Å². The Morgan fingerprint density at radius 3 is 2.57 bits per heavy atom. The highest BCUT2D eigenvalue weighted by atomic mass is 16.2. The van der Waals surface area contributed by atoms with Gasteiger partial charge in [0.1, 0.15) is 0 Å².